The van der Waals surface area contributed by atoms with Crippen LogP contribution in [0.15, 0.2) is 15.3 Å². The van der Waals surface area contributed by atoms with Gasteiger partial charge in [0.2, 0.25) is 5.91 Å². The van der Waals surface area contributed by atoms with Crippen molar-refractivity contribution in [3.8, 4) is 0 Å². The molecule has 0 aliphatic carbocycles. The van der Waals surface area contributed by atoms with Gasteiger partial charge >= 0.3 is 0 Å². The van der Waals surface area contributed by atoms with Gasteiger partial charge in [0.25, 0.3) is 5.56 Å². The maximum atomic E-state index is 11.9. The lowest BCUT2D eigenvalue weighted by Crippen LogP contribution is -2.17. The summed E-state index contributed by atoms with van der Waals surface area (Å²) in [6, 6.07) is 0. The lowest BCUT2D eigenvalue weighted by atomic mass is 9.93. The van der Waals surface area contributed by atoms with Gasteiger partial charge in [-0.3, -0.25) is 14.6 Å². The number of amides is 1. The van der Waals surface area contributed by atoms with E-state index in [1.54, 1.807) is 6.92 Å². The monoisotopic (exact) mass is 339 g/mol. The van der Waals surface area contributed by atoms with Gasteiger partial charge in [-0.25, -0.2) is 4.98 Å². The van der Waals surface area contributed by atoms with Crippen LogP contribution in [0.2, 0.25) is 0 Å². The molecule has 0 unspecified atom stereocenters. The number of thioether (sulfide) groups is 1. The van der Waals surface area contributed by atoms with Gasteiger partial charge in [-0.1, -0.05) is 32.5 Å². The molecule has 2 aromatic heterocycles. The molecule has 0 aliphatic heterocycles. The largest absolute Gasteiger partial charge is 0.301 e. The van der Waals surface area contributed by atoms with Gasteiger partial charge in [0.05, 0.1) is 11.4 Å². The number of carbonyl (C=O) groups is 1. The molecule has 0 aromatic carbocycles. The minimum Gasteiger partial charge on any atom is -0.301 e. The minimum atomic E-state index is -0.298. The van der Waals surface area contributed by atoms with E-state index in [9.17, 15) is 9.59 Å². The third-order valence-electron chi connectivity index (χ3n) is 2.70. The molecule has 7 nitrogen and oxygen atoms in total. The average molecular weight is 339 g/mol. The number of hydrogen-bond donors (Lipinski definition) is 2. The van der Waals surface area contributed by atoms with Gasteiger partial charge in [-0.05, 0) is 6.92 Å². The van der Waals surface area contributed by atoms with Gasteiger partial charge in [0, 0.05) is 10.8 Å². The van der Waals surface area contributed by atoms with E-state index in [1.807, 2.05) is 5.38 Å². The summed E-state index contributed by atoms with van der Waals surface area (Å²) in [6.45, 7) is 7.77. The van der Waals surface area contributed by atoms with Gasteiger partial charge in [-0.2, -0.15) is 0 Å². The maximum absolute atomic E-state index is 11.9. The summed E-state index contributed by atoms with van der Waals surface area (Å²) < 4.78 is 0. The van der Waals surface area contributed by atoms with Crippen molar-refractivity contribution in [2.45, 2.75) is 38.3 Å². The van der Waals surface area contributed by atoms with E-state index in [4.69, 9.17) is 0 Å². The predicted octanol–water partition coefficient (Wildman–Crippen LogP) is 1.96. The number of nitrogens with one attached hydrogen (secondary N) is 2. The summed E-state index contributed by atoms with van der Waals surface area (Å²) in [5.74, 6) is -0.0824. The van der Waals surface area contributed by atoms with Gasteiger partial charge in [0.15, 0.2) is 10.3 Å². The number of aryl methyl sites for hydroxylation is 1. The van der Waals surface area contributed by atoms with Crippen molar-refractivity contribution in [1.82, 2.24) is 20.2 Å². The lowest BCUT2D eigenvalue weighted by Gasteiger charge is -2.14. The van der Waals surface area contributed by atoms with E-state index in [-0.39, 0.29) is 22.6 Å². The summed E-state index contributed by atoms with van der Waals surface area (Å²) in [5, 5.41) is 13.1. The molecule has 0 saturated heterocycles. The highest BCUT2D eigenvalue weighted by atomic mass is 32.2. The standard InChI is InChI=1S/C13H17N5O2S2/c1-7-10(20)16-12(18-17-7)22-6-9(19)15-11-14-8(5-21-11)13(2,3)4/h5H,6H2,1-4H3,(H,14,15,19)(H,16,18,20). The summed E-state index contributed by atoms with van der Waals surface area (Å²) in [7, 11) is 0. The first-order chi connectivity index (χ1) is 10.3. The lowest BCUT2D eigenvalue weighted by molar-refractivity contribution is -0.113. The molecule has 0 radical (unpaired) electrons. The second kappa shape index (κ2) is 6.57. The second-order valence-electron chi connectivity index (χ2n) is 5.67. The van der Waals surface area contributed by atoms with Crippen LogP contribution in [0.3, 0.4) is 0 Å². The molecule has 0 saturated carbocycles. The number of aromatic amines is 1. The molecule has 0 atom stereocenters. The summed E-state index contributed by atoms with van der Waals surface area (Å²) in [6.07, 6.45) is 0. The first-order valence-corrected chi connectivity index (χ1v) is 8.44. The molecule has 2 heterocycles. The summed E-state index contributed by atoms with van der Waals surface area (Å²) in [5.41, 5.74) is 0.888. The van der Waals surface area contributed by atoms with Crippen molar-refractivity contribution in [2.24, 2.45) is 0 Å². The Hall–Kier alpha value is -1.74. The molecule has 0 spiro atoms. The Labute approximate surface area is 136 Å². The van der Waals surface area contributed by atoms with E-state index in [0.29, 0.717) is 16.0 Å². The van der Waals surface area contributed by atoms with Crippen LogP contribution >= 0.6 is 23.1 Å². The molecular formula is C13H17N5O2S2. The summed E-state index contributed by atoms with van der Waals surface area (Å²) in [4.78, 5) is 30.2. The van der Waals surface area contributed by atoms with Gasteiger partial charge in [0.1, 0.15) is 5.69 Å². The third-order valence-corrected chi connectivity index (χ3v) is 4.32. The van der Waals surface area contributed by atoms with Crippen LogP contribution in [0.25, 0.3) is 0 Å². The highest BCUT2D eigenvalue weighted by Crippen LogP contribution is 2.26. The Balaban J connectivity index is 1.91. The number of anilines is 1. The average Bonchev–Trinajstić information content (AvgIpc) is 2.88. The van der Waals surface area contributed by atoms with E-state index in [0.717, 1.165) is 17.5 Å². The number of H-pyrrole nitrogens is 1. The van der Waals surface area contributed by atoms with E-state index >= 15 is 0 Å². The summed E-state index contributed by atoms with van der Waals surface area (Å²) >= 11 is 2.51. The van der Waals surface area contributed by atoms with Crippen molar-refractivity contribution >= 4 is 34.1 Å². The molecule has 0 aliphatic rings. The Morgan fingerprint density at radius 2 is 2.14 bits per heavy atom. The van der Waals surface area contributed by atoms with Crippen LogP contribution < -0.4 is 10.9 Å². The molecular weight excluding hydrogens is 322 g/mol. The highest BCUT2D eigenvalue weighted by Gasteiger charge is 2.18. The fourth-order valence-corrected chi connectivity index (χ4v) is 2.96. The third kappa shape index (κ3) is 4.38. The molecule has 0 bridgehead atoms. The molecule has 1 amide bonds. The zero-order valence-electron chi connectivity index (χ0n) is 12.8. The van der Waals surface area contributed by atoms with Crippen LogP contribution in [0, 0.1) is 6.92 Å². The number of rotatable bonds is 4. The number of aromatic nitrogens is 4. The second-order valence-corrected chi connectivity index (χ2v) is 7.49. The predicted molar refractivity (Wildman–Crippen MR) is 87.6 cm³/mol. The van der Waals surface area contributed by atoms with Crippen molar-refractivity contribution in [1.29, 1.82) is 0 Å². The smallest absolute Gasteiger partial charge is 0.273 e. The van der Waals surface area contributed by atoms with Crippen LogP contribution in [0.4, 0.5) is 5.13 Å². The number of hydrogen-bond acceptors (Lipinski definition) is 7. The quantitative estimate of drug-likeness (QED) is 0.826. The van der Waals surface area contributed by atoms with E-state index in [1.165, 1.54) is 11.3 Å². The topological polar surface area (TPSA) is 101 Å². The molecule has 0 fully saturated rings. The van der Waals surface area contributed by atoms with Crippen molar-refractivity contribution in [3.05, 3.63) is 27.1 Å². The van der Waals surface area contributed by atoms with Crippen molar-refractivity contribution < 1.29 is 4.79 Å². The van der Waals surface area contributed by atoms with Crippen LogP contribution in [0.5, 0.6) is 0 Å². The molecule has 118 valence electrons. The van der Waals surface area contributed by atoms with Crippen molar-refractivity contribution in [3.63, 3.8) is 0 Å². The van der Waals surface area contributed by atoms with Crippen LogP contribution in [0.1, 0.15) is 32.2 Å². The fraction of sp³-hybridized carbons (Fsp3) is 0.462. The zero-order valence-corrected chi connectivity index (χ0v) is 14.4. The van der Waals surface area contributed by atoms with E-state index in [2.05, 4.69) is 46.3 Å². The van der Waals surface area contributed by atoms with Crippen LogP contribution in [-0.2, 0) is 10.2 Å². The molecule has 2 aromatic rings. The molecule has 9 heteroatoms. The number of thiazole rings is 1. The Morgan fingerprint density at radius 1 is 1.41 bits per heavy atom. The highest BCUT2D eigenvalue weighted by molar-refractivity contribution is 7.99. The molecule has 22 heavy (non-hydrogen) atoms. The first kappa shape index (κ1) is 16.6. The zero-order chi connectivity index (χ0) is 16.3. The Kier molecular flexibility index (Phi) is 4.97. The number of nitrogens with zero attached hydrogens (tertiary/aromatic N) is 3. The normalized spacial score (nSPS) is 11.5. The fourth-order valence-electron chi connectivity index (χ4n) is 1.41. The first-order valence-electron chi connectivity index (χ1n) is 6.58. The minimum absolute atomic E-state index is 0.0504. The van der Waals surface area contributed by atoms with Crippen LogP contribution in [-0.4, -0.2) is 31.8 Å². The molecule has 2 rings (SSSR count). The van der Waals surface area contributed by atoms with E-state index < -0.39 is 0 Å². The number of carbonyl (C=O) groups excluding carboxylic acids is 1. The van der Waals surface area contributed by atoms with Gasteiger partial charge < -0.3 is 5.32 Å². The Bertz CT molecular complexity index is 733. The maximum Gasteiger partial charge on any atom is 0.273 e. The van der Waals surface area contributed by atoms with Crippen molar-refractivity contribution in [2.75, 3.05) is 11.1 Å². The molecule has 2 N–H and O–H groups in total. The Morgan fingerprint density at radius 3 is 2.73 bits per heavy atom. The van der Waals surface area contributed by atoms with Gasteiger partial charge in [-0.15, -0.1) is 21.5 Å². The SMILES string of the molecule is Cc1nnc(SCC(=O)Nc2nc(C(C)(C)C)cs2)[nH]c1=O.